The van der Waals surface area contributed by atoms with Crippen molar-refractivity contribution < 1.29 is 4.79 Å². The molecule has 3 aromatic carbocycles. The molecule has 28 heavy (non-hydrogen) atoms. The summed E-state index contributed by atoms with van der Waals surface area (Å²) in [7, 11) is 0. The summed E-state index contributed by atoms with van der Waals surface area (Å²) in [6.07, 6.45) is 0.654. The van der Waals surface area contributed by atoms with Crippen LogP contribution in [0, 0.1) is 6.92 Å². The second kappa shape index (κ2) is 7.90. The molecule has 1 heterocycles. The van der Waals surface area contributed by atoms with Crippen molar-refractivity contribution in [2.24, 2.45) is 5.10 Å². The Kier molecular flexibility index (Phi) is 5.33. The third-order valence-corrected chi connectivity index (χ3v) is 5.81. The number of hydrogen-bond donors (Lipinski definition) is 0. The number of carbonyl (C=O) groups excluding carboxylic acids is 1. The fourth-order valence-corrected chi connectivity index (χ4v) is 3.90. The number of hydrogen-bond acceptors (Lipinski definition) is 2. The molecule has 3 aromatic rings. The largest absolute Gasteiger partial charge is 0.275 e. The van der Waals surface area contributed by atoms with Gasteiger partial charge in [-0.05, 0) is 58.2 Å². The lowest BCUT2D eigenvalue weighted by atomic mass is 9.97. The lowest BCUT2D eigenvalue weighted by Crippen LogP contribution is -2.27. The van der Waals surface area contributed by atoms with E-state index in [2.05, 4.69) is 47.1 Å². The van der Waals surface area contributed by atoms with Crippen LogP contribution in [-0.4, -0.2) is 16.6 Å². The van der Waals surface area contributed by atoms with Crippen LogP contribution in [0.1, 0.15) is 39.5 Å². The summed E-state index contributed by atoms with van der Waals surface area (Å²) in [6, 6.07) is 23.1. The lowest BCUT2D eigenvalue weighted by Gasteiger charge is -2.22. The molecular formula is C23H18BrClN2O. The van der Waals surface area contributed by atoms with E-state index >= 15 is 0 Å². The molecule has 0 unspecified atom stereocenters. The molecule has 0 N–H and O–H groups in total. The molecule has 0 bridgehead atoms. The van der Waals surface area contributed by atoms with Crippen LogP contribution in [0.5, 0.6) is 0 Å². The molecule has 0 saturated carbocycles. The van der Waals surface area contributed by atoms with Crippen LogP contribution in [-0.2, 0) is 0 Å². The topological polar surface area (TPSA) is 32.7 Å². The molecule has 0 spiro atoms. The quantitative estimate of drug-likeness (QED) is 0.451. The molecule has 140 valence electrons. The van der Waals surface area contributed by atoms with Crippen LogP contribution < -0.4 is 0 Å². The highest BCUT2D eigenvalue weighted by Gasteiger charge is 2.34. The van der Waals surface area contributed by atoms with Crippen LogP contribution in [0.4, 0.5) is 0 Å². The van der Waals surface area contributed by atoms with E-state index in [0.29, 0.717) is 17.0 Å². The maximum atomic E-state index is 13.3. The van der Waals surface area contributed by atoms with E-state index in [9.17, 15) is 4.79 Å². The number of amides is 1. The molecule has 5 heteroatoms. The molecule has 0 radical (unpaired) electrons. The second-order valence-corrected chi connectivity index (χ2v) is 8.10. The Morgan fingerprint density at radius 2 is 1.71 bits per heavy atom. The van der Waals surface area contributed by atoms with E-state index < -0.39 is 0 Å². The van der Waals surface area contributed by atoms with Gasteiger partial charge in [-0.3, -0.25) is 4.79 Å². The van der Waals surface area contributed by atoms with E-state index in [1.165, 1.54) is 5.56 Å². The van der Waals surface area contributed by atoms with Crippen LogP contribution in [0.15, 0.2) is 82.4 Å². The minimum absolute atomic E-state index is 0.130. The smallest absolute Gasteiger partial charge is 0.267 e. The highest BCUT2D eigenvalue weighted by molar-refractivity contribution is 9.10. The zero-order valence-electron chi connectivity index (χ0n) is 15.3. The molecule has 0 aromatic heterocycles. The number of rotatable bonds is 3. The first-order valence-corrected chi connectivity index (χ1v) is 10.2. The van der Waals surface area contributed by atoms with Gasteiger partial charge in [-0.25, -0.2) is 5.01 Å². The minimum atomic E-state index is -0.173. The molecule has 3 nitrogen and oxygen atoms in total. The summed E-state index contributed by atoms with van der Waals surface area (Å²) in [4.78, 5) is 13.3. The number of halogens is 2. The Hall–Kier alpha value is -2.43. The van der Waals surface area contributed by atoms with Gasteiger partial charge in [0.2, 0.25) is 0 Å². The predicted octanol–water partition coefficient (Wildman–Crippen LogP) is 6.40. The van der Waals surface area contributed by atoms with Crippen LogP contribution in [0.3, 0.4) is 0 Å². The van der Waals surface area contributed by atoms with E-state index in [-0.39, 0.29) is 11.9 Å². The maximum absolute atomic E-state index is 13.3. The van der Waals surface area contributed by atoms with Crippen molar-refractivity contribution in [2.45, 2.75) is 19.4 Å². The van der Waals surface area contributed by atoms with Crippen molar-refractivity contribution in [1.82, 2.24) is 5.01 Å². The molecule has 1 atom stereocenters. The summed E-state index contributed by atoms with van der Waals surface area (Å²) in [5.41, 5.74) is 4.73. The molecule has 4 rings (SSSR count). The third-order valence-electron chi connectivity index (χ3n) is 4.86. The van der Waals surface area contributed by atoms with Crippen molar-refractivity contribution in [3.05, 3.63) is 105 Å². The SMILES string of the molecule is Cc1ccc(C2=NN(C(=O)c3ccccc3Br)[C@@H](c3ccc(Cl)cc3)C2)cc1. The van der Waals surface area contributed by atoms with Crippen LogP contribution >= 0.6 is 27.5 Å². The van der Waals surface area contributed by atoms with Crippen LogP contribution in [0.25, 0.3) is 0 Å². The number of benzene rings is 3. The highest BCUT2D eigenvalue weighted by Crippen LogP contribution is 2.35. The Morgan fingerprint density at radius 1 is 1.04 bits per heavy atom. The molecule has 0 aliphatic carbocycles. The number of nitrogens with zero attached hydrogens (tertiary/aromatic N) is 2. The van der Waals surface area contributed by atoms with Crippen molar-refractivity contribution >= 4 is 39.1 Å². The minimum Gasteiger partial charge on any atom is -0.267 e. The summed E-state index contributed by atoms with van der Waals surface area (Å²) >= 11 is 9.54. The zero-order valence-corrected chi connectivity index (χ0v) is 17.6. The molecule has 1 amide bonds. The number of hydrazone groups is 1. The Labute approximate surface area is 177 Å². The van der Waals surface area contributed by atoms with Gasteiger partial charge < -0.3 is 0 Å². The van der Waals surface area contributed by atoms with Crippen molar-refractivity contribution in [3.63, 3.8) is 0 Å². The predicted molar refractivity (Wildman–Crippen MR) is 117 cm³/mol. The summed E-state index contributed by atoms with van der Waals surface area (Å²) in [5.74, 6) is -0.130. The third kappa shape index (κ3) is 3.75. The molecule has 1 aliphatic rings. The van der Waals surface area contributed by atoms with E-state index in [4.69, 9.17) is 16.7 Å². The Bertz CT molecular complexity index is 1040. The van der Waals surface area contributed by atoms with Gasteiger partial charge in [0.1, 0.15) is 0 Å². The molecule has 0 fully saturated rings. The second-order valence-electron chi connectivity index (χ2n) is 6.81. The number of aryl methyl sites for hydroxylation is 1. The zero-order chi connectivity index (χ0) is 19.7. The maximum Gasteiger partial charge on any atom is 0.275 e. The van der Waals surface area contributed by atoms with Crippen molar-refractivity contribution in [2.75, 3.05) is 0 Å². The number of carbonyl (C=O) groups is 1. The summed E-state index contributed by atoms with van der Waals surface area (Å²) < 4.78 is 0.758. The Balaban J connectivity index is 1.75. The van der Waals surface area contributed by atoms with Gasteiger partial charge in [0.15, 0.2) is 0 Å². The monoisotopic (exact) mass is 452 g/mol. The highest BCUT2D eigenvalue weighted by atomic mass is 79.9. The van der Waals surface area contributed by atoms with Gasteiger partial charge in [0.25, 0.3) is 5.91 Å². The van der Waals surface area contributed by atoms with E-state index in [1.807, 2.05) is 48.5 Å². The average molecular weight is 454 g/mol. The normalized spacial score (nSPS) is 16.2. The van der Waals surface area contributed by atoms with Gasteiger partial charge in [-0.2, -0.15) is 5.10 Å². The molecule has 0 saturated heterocycles. The van der Waals surface area contributed by atoms with Gasteiger partial charge in [-0.1, -0.05) is 65.7 Å². The van der Waals surface area contributed by atoms with E-state index in [0.717, 1.165) is 21.3 Å². The first-order chi connectivity index (χ1) is 13.5. The van der Waals surface area contributed by atoms with Gasteiger partial charge in [0, 0.05) is 15.9 Å². The first kappa shape index (κ1) is 18.9. The van der Waals surface area contributed by atoms with E-state index in [1.54, 1.807) is 5.01 Å². The van der Waals surface area contributed by atoms with Gasteiger partial charge >= 0.3 is 0 Å². The molecule has 1 aliphatic heterocycles. The van der Waals surface area contributed by atoms with Crippen molar-refractivity contribution in [3.8, 4) is 0 Å². The van der Waals surface area contributed by atoms with Crippen LogP contribution in [0.2, 0.25) is 5.02 Å². The standard InChI is InChI=1S/C23H18BrClN2O/c1-15-6-8-16(9-7-15)21-14-22(17-10-12-18(25)13-11-17)27(26-21)23(28)19-4-2-3-5-20(19)24/h2-13,22H,14H2,1H3/t22-/m1/s1. The fourth-order valence-electron chi connectivity index (χ4n) is 3.32. The lowest BCUT2D eigenvalue weighted by molar-refractivity contribution is 0.0710. The van der Waals surface area contributed by atoms with Crippen molar-refractivity contribution in [1.29, 1.82) is 0 Å². The first-order valence-electron chi connectivity index (χ1n) is 9.01. The Morgan fingerprint density at radius 3 is 2.39 bits per heavy atom. The summed E-state index contributed by atoms with van der Waals surface area (Å²) in [6.45, 7) is 2.06. The average Bonchev–Trinajstić information content (AvgIpc) is 3.14. The van der Waals surface area contributed by atoms with Gasteiger partial charge in [-0.15, -0.1) is 0 Å². The molecular weight excluding hydrogens is 436 g/mol. The van der Waals surface area contributed by atoms with Gasteiger partial charge in [0.05, 0.1) is 17.3 Å². The fraction of sp³-hybridized carbons (Fsp3) is 0.130. The summed E-state index contributed by atoms with van der Waals surface area (Å²) in [5, 5.41) is 7.00.